The van der Waals surface area contributed by atoms with Crippen LogP contribution in [0.3, 0.4) is 0 Å². The Labute approximate surface area is 183 Å². The Hall–Kier alpha value is -1.40. The fraction of sp³-hybridized carbons (Fsp3) is 0.455. The number of likely N-dealkylation sites (tertiary alicyclic amines) is 1. The number of nitrogens with one attached hydrogen (secondary N) is 1. The fourth-order valence-corrected chi connectivity index (χ4v) is 7.37. The summed E-state index contributed by atoms with van der Waals surface area (Å²) in [6.07, 6.45) is 3.81. The van der Waals surface area contributed by atoms with E-state index >= 15 is 0 Å². The normalized spacial score (nSPS) is 33.4. The van der Waals surface area contributed by atoms with E-state index in [0.29, 0.717) is 21.7 Å². The minimum atomic E-state index is -0.873. The third-order valence-corrected chi connectivity index (χ3v) is 8.72. The number of anilines is 1. The van der Waals surface area contributed by atoms with Gasteiger partial charge in [0, 0.05) is 52.0 Å². The number of carbonyl (C=O) groups is 2. The highest BCUT2D eigenvalue weighted by molar-refractivity contribution is 7.16. The van der Waals surface area contributed by atoms with Gasteiger partial charge in [0.05, 0.1) is 4.34 Å². The molecule has 2 saturated carbocycles. The first kappa shape index (κ1) is 18.4. The quantitative estimate of drug-likeness (QED) is 0.716. The molecule has 4 aliphatic rings. The molecule has 4 atom stereocenters. The molecule has 1 spiro atoms. The van der Waals surface area contributed by atoms with Gasteiger partial charge in [-0.2, -0.15) is 0 Å². The topological polar surface area (TPSA) is 49.4 Å². The Morgan fingerprint density at radius 1 is 1.14 bits per heavy atom. The van der Waals surface area contributed by atoms with Crippen molar-refractivity contribution in [2.75, 3.05) is 11.9 Å². The van der Waals surface area contributed by atoms with Crippen LogP contribution < -0.4 is 5.32 Å². The summed E-state index contributed by atoms with van der Waals surface area (Å²) in [5.74, 6) is 0.458. The average molecular weight is 447 g/mol. The summed E-state index contributed by atoms with van der Waals surface area (Å²) >= 11 is 14.0. The lowest BCUT2D eigenvalue weighted by atomic mass is 9.73. The zero-order chi connectivity index (χ0) is 19.9. The van der Waals surface area contributed by atoms with E-state index in [4.69, 9.17) is 23.2 Å². The van der Waals surface area contributed by atoms with Crippen molar-refractivity contribution in [1.29, 1.82) is 0 Å². The van der Waals surface area contributed by atoms with E-state index < -0.39 is 5.54 Å². The zero-order valence-electron chi connectivity index (χ0n) is 15.7. The lowest BCUT2D eigenvalue weighted by Crippen LogP contribution is -2.52. The van der Waals surface area contributed by atoms with E-state index in [2.05, 4.69) is 10.2 Å². The number of Topliss-reactive ketones (excluding diaryl/α,β-unsaturated/α-hetero) is 1. The lowest BCUT2D eigenvalue weighted by Gasteiger charge is -2.39. The molecule has 1 amide bonds. The van der Waals surface area contributed by atoms with E-state index in [1.807, 2.05) is 30.3 Å². The molecule has 4 nitrogen and oxygen atoms in total. The number of ketones is 1. The minimum absolute atomic E-state index is 0.0351. The van der Waals surface area contributed by atoms with Gasteiger partial charge in [0.15, 0.2) is 0 Å². The Balaban J connectivity index is 1.62. The van der Waals surface area contributed by atoms with Crippen molar-refractivity contribution >= 4 is 51.9 Å². The van der Waals surface area contributed by atoms with Crippen LogP contribution in [0.5, 0.6) is 0 Å². The highest BCUT2D eigenvalue weighted by Gasteiger charge is 2.69. The van der Waals surface area contributed by atoms with Crippen LogP contribution in [0, 0.1) is 11.8 Å². The molecule has 1 aromatic carbocycles. The summed E-state index contributed by atoms with van der Waals surface area (Å²) < 4.78 is 0.688. The minimum Gasteiger partial charge on any atom is -0.324 e. The van der Waals surface area contributed by atoms with Crippen LogP contribution in [0.2, 0.25) is 9.36 Å². The number of halogens is 2. The van der Waals surface area contributed by atoms with Gasteiger partial charge in [-0.3, -0.25) is 14.5 Å². The molecule has 1 aromatic heterocycles. The molecule has 1 saturated heterocycles. The van der Waals surface area contributed by atoms with Gasteiger partial charge in [-0.15, -0.1) is 11.3 Å². The van der Waals surface area contributed by atoms with Gasteiger partial charge >= 0.3 is 0 Å². The van der Waals surface area contributed by atoms with Crippen molar-refractivity contribution in [3.8, 4) is 0 Å². The number of thiophene rings is 1. The number of hydrogen-bond acceptors (Lipinski definition) is 4. The van der Waals surface area contributed by atoms with E-state index in [1.54, 1.807) is 0 Å². The van der Waals surface area contributed by atoms with Crippen LogP contribution in [0.15, 0.2) is 30.3 Å². The van der Waals surface area contributed by atoms with Crippen LogP contribution >= 0.6 is 34.5 Å². The van der Waals surface area contributed by atoms with Crippen molar-refractivity contribution in [3.05, 3.63) is 50.1 Å². The molecule has 0 radical (unpaired) electrons. The number of rotatable bonds is 3. The highest BCUT2D eigenvalue weighted by atomic mass is 35.5. The molecule has 1 N–H and O–H groups in total. The maximum atomic E-state index is 13.8. The fourth-order valence-electron chi connectivity index (χ4n) is 5.93. The maximum absolute atomic E-state index is 13.8. The summed E-state index contributed by atoms with van der Waals surface area (Å²) in [4.78, 5) is 30.3. The van der Waals surface area contributed by atoms with Gasteiger partial charge in [0.1, 0.15) is 11.3 Å². The second-order valence-electron chi connectivity index (χ2n) is 8.72. The van der Waals surface area contributed by atoms with Gasteiger partial charge in [-0.25, -0.2) is 0 Å². The number of nitrogens with zero attached hydrogens (tertiary/aromatic N) is 1. The van der Waals surface area contributed by atoms with E-state index in [-0.39, 0.29) is 29.6 Å². The highest BCUT2D eigenvalue weighted by Crippen LogP contribution is 2.63. The molecule has 7 heteroatoms. The Bertz CT molecular complexity index is 1050. The Morgan fingerprint density at radius 2 is 1.97 bits per heavy atom. The first-order valence-electron chi connectivity index (χ1n) is 10.2. The van der Waals surface area contributed by atoms with Crippen molar-refractivity contribution in [1.82, 2.24) is 4.90 Å². The third kappa shape index (κ3) is 2.48. The zero-order valence-corrected chi connectivity index (χ0v) is 18.0. The summed E-state index contributed by atoms with van der Waals surface area (Å²) in [5.41, 5.74) is 0.843. The summed E-state index contributed by atoms with van der Waals surface area (Å²) in [6.45, 7) is 0.861. The Morgan fingerprint density at radius 3 is 2.69 bits per heavy atom. The van der Waals surface area contributed by atoms with Crippen molar-refractivity contribution < 1.29 is 9.59 Å². The Kier molecular flexibility index (Phi) is 3.99. The van der Waals surface area contributed by atoms with Gasteiger partial charge in [0.25, 0.3) is 0 Å². The smallest absolute Gasteiger partial charge is 0.250 e. The molecular formula is C22H20Cl2N2O2S. The predicted octanol–water partition coefficient (Wildman–Crippen LogP) is 5.06. The van der Waals surface area contributed by atoms with Gasteiger partial charge in [-0.05, 0) is 49.4 Å². The predicted molar refractivity (Wildman–Crippen MR) is 115 cm³/mol. The molecule has 29 heavy (non-hydrogen) atoms. The molecule has 3 heterocycles. The van der Waals surface area contributed by atoms with Crippen molar-refractivity contribution in [3.63, 3.8) is 0 Å². The second-order valence-corrected chi connectivity index (χ2v) is 10.9. The standard InChI is InChI=1S/C22H20Cl2N2O2S/c23-12-3-4-13-14(9-12)25-21(28)22(13)20(17-7-8-18(24)29-17)19-15(5-6-16(19)27)26(22)10-11-1-2-11/h3-4,7-9,11,15,19-20H,1-2,5-6,10H2,(H,25,28)/t15-,19-,20-,22-/m1/s1. The molecule has 2 aliphatic carbocycles. The molecule has 150 valence electrons. The van der Waals surface area contributed by atoms with E-state index in [0.717, 1.165) is 29.1 Å². The van der Waals surface area contributed by atoms with Crippen molar-refractivity contribution in [2.45, 2.75) is 43.2 Å². The number of carbonyl (C=O) groups excluding carboxylic acids is 2. The van der Waals surface area contributed by atoms with Crippen molar-refractivity contribution in [2.24, 2.45) is 11.8 Å². The average Bonchev–Trinajstić information content (AvgIpc) is 3.02. The molecule has 0 bridgehead atoms. The largest absolute Gasteiger partial charge is 0.324 e. The summed E-state index contributed by atoms with van der Waals surface area (Å²) in [7, 11) is 0. The molecule has 3 fully saturated rings. The number of benzene rings is 1. The first-order chi connectivity index (χ1) is 14.0. The molecule has 2 aromatic rings. The summed E-state index contributed by atoms with van der Waals surface area (Å²) in [6, 6.07) is 9.64. The first-order valence-corrected chi connectivity index (χ1v) is 11.7. The van der Waals surface area contributed by atoms with Gasteiger partial charge < -0.3 is 5.32 Å². The van der Waals surface area contributed by atoms with E-state index in [9.17, 15) is 9.59 Å². The third-order valence-electron chi connectivity index (χ3n) is 7.17. The number of hydrogen-bond donors (Lipinski definition) is 1. The number of fused-ring (bicyclic) bond motifs is 3. The van der Waals surface area contributed by atoms with Crippen LogP contribution in [0.4, 0.5) is 5.69 Å². The van der Waals surface area contributed by atoms with E-state index in [1.165, 1.54) is 24.2 Å². The van der Waals surface area contributed by atoms with Gasteiger partial charge in [-0.1, -0.05) is 29.3 Å². The van der Waals surface area contributed by atoms with Crippen LogP contribution in [0.25, 0.3) is 0 Å². The van der Waals surface area contributed by atoms with Gasteiger partial charge in [0.2, 0.25) is 5.91 Å². The summed E-state index contributed by atoms with van der Waals surface area (Å²) in [5, 5.41) is 3.70. The SMILES string of the molecule is O=C1CC[C@@H]2[C@H]1[C@@H](c1ccc(Cl)s1)[C@]1(C(=O)Nc3cc(Cl)ccc31)N2CC1CC1. The molecule has 2 aliphatic heterocycles. The molecule has 0 unspecified atom stereocenters. The monoisotopic (exact) mass is 446 g/mol. The van der Waals surface area contributed by atoms with Crippen LogP contribution in [-0.2, 0) is 15.1 Å². The maximum Gasteiger partial charge on any atom is 0.250 e. The lowest BCUT2D eigenvalue weighted by molar-refractivity contribution is -0.128. The number of amides is 1. The second kappa shape index (κ2) is 6.30. The molecular weight excluding hydrogens is 427 g/mol. The van der Waals surface area contributed by atoms with Crippen LogP contribution in [0.1, 0.15) is 42.0 Å². The van der Waals surface area contributed by atoms with Crippen LogP contribution in [-0.4, -0.2) is 29.2 Å². The molecule has 6 rings (SSSR count).